The SMILES string of the molecule is CCCCNC(=O)C(C)N(Cc1ccccc1F)C(=O)CN(c1ccc(Br)cc1)S(=O)(=O)c1ccccc1. The van der Waals surface area contributed by atoms with Gasteiger partial charge in [-0.2, -0.15) is 0 Å². The molecule has 1 unspecified atom stereocenters. The van der Waals surface area contributed by atoms with Crippen molar-refractivity contribution in [3.8, 4) is 0 Å². The maximum Gasteiger partial charge on any atom is 0.264 e. The molecule has 2 amide bonds. The predicted octanol–water partition coefficient (Wildman–Crippen LogP) is 5.12. The van der Waals surface area contributed by atoms with Gasteiger partial charge in [0.1, 0.15) is 18.4 Å². The molecule has 3 rings (SSSR count). The lowest BCUT2D eigenvalue weighted by Crippen LogP contribution is -2.51. The molecule has 202 valence electrons. The normalized spacial score (nSPS) is 12.0. The topological polar surface area (TPSA) is 86.8 Å². The molecule has 38 heavy (non-hydrogen) atoms. The number of hydrogen-bond acceptors (Lipinski definition) is 4. The highest BCUT2D eigenvalue weighted by Gasteiger charge is 2.32. The molecule has 1 N–H and O–H groups in total. The Morgan fingerprint density at radius 1 is 0.974 bits per heavy atom. The number of sulfonamides is 1. The van der Waals surface area contributed by atoms with Crippen molar-refractivity contribution < 1.29 is 22.4 Å². The lowest BCUT2D eigenvalue weighted by molar-refractivity contribution is -0.139. The molecular weight excluding hydrogens is 573 g/mol. The lowest BCUT2D eigenvalue weighted by atomic mass is 10.1. The van der Waals surface area contributed by atoms with E-state index >= 15 is 0 Å². The van der Waals surface area contributed by atoms with Crippen molar-refractivity contribution in [2.24, 2.45) is 0 Å². The number of nitrogens with one attached hydrogen (secondary N) is 1. The number of nitrogens with zero attached hydrogens (tertiary/aromatic N) is 2. The molecule has 0 aliphatic heterocycles. The van der Waals surface area contributed by atoms with E-state index in [0.29, 0.717) is 6.54 Å². The molecule has 0 aliphatic rings. The predicted molar refractivity (Wildman–Crippen MR) is 149 cm³/mol. The van der Waals surface area contributed by atoms with Gasteiger partial charge in [0, 0.05) is 23.1 Å². The third kappa shape index (κ3) is 7.41. The van der Waals surface area contributed by atoms with Gasteiger partial charge < -0.3 is 10.2 Å². The molecule has 0 spiro atoms. The van der Waals surface area contributed by atoms with Gasteiger partial charge in [-0.15, -0.1) is 0 Å². The van der Waals surface area contributed by atoms with Gasteiger partial charge in [-0.05, 0) is 55.8 Å². The first-order chi connectivity index (χ1) is 18.1. The summed E-state index contributed by atoms with van der Waals surface area (Å²) in [6.07, 6.45) is 1.65. The summed E-state index contributed by atoms with van der Waals surface area (Å²) in [6.45, 7) is 3.20. The molecule has 0 aliphatic carbocycles. The van der Waals surface area contributed by atoms with E-state index in [4.69, 9.17) is 0 Å². The summed E-state index contributed by atoms with van der Waals surface area (Å²) < 4.78 is 43.6. The van der Waals surface area contributed by atoms with Crippen LogP contribution in [0.5, 0.6) is 0 Å². The smallest absolute Gasteiger partial charge is 0.264 e. The summed E-state index contributed by atoms with van der Waals surface area (Å²) in [7, 11) is -4.14. The summed E-state index contributed by atoms with van der Waals surface area (Å²) in [5, 5.41) is 2.80. The number of carbonyl (C=O) groups is 2. The van der Waals surface area contributed by atoms with Crippen LogP contribution < -0.4 is 9.62 Å². The highest BCUT2D eigenvalue weighted by atomic mass is 79.9. The largest absolute Gasteiger partial charge is 0.354 e. The minimum atomic E-state index is -4.14. The van der Waals surface area contributed by atoms with E-state index < -0.39 is 40.2 Å². The molecule has 0 heterocycles. The van der Waals surface area contributed by atoms with Crippen molar-refractivity contribution in [3.05, 3.63) is 94.7 Å². The molecular formula is C28H31BrFN3O4S. The van der Waals surface area contributed by atoms with Crippen molar-refractivity contribution >= 4 is 43.5 Å². The second-order valence-electron chi connectivity index (χ2n) is 8.73. The van der Waals surface area contributed by atoms with Crippen molar-refractivity contribution in [2.45, 2.75) is 44.2 Å². The molecule has 1 atom stereocenters. The van der Waals surface area contributed by atoms with E-state index in [0.717, 1.165) is 21.6 Å². The van der Waals surface area contributed by atoms with E-state index in [1.54, 1.807) is 55.5 Å². The quantitative estimate of drug-likeness (QED) is 0.291. The zero-order valence-electron chi connectivity index (χ0n) is 21.3. The van der Waals surface area contributed by atoms with Gasteiger partial charge in [-0.3, -0.25) is 13.9 Å². The second-order valence-corrected chi connectivity index (χ2v) is 11.5. The Morgan fingerprint density at radius 3 is 2.24 bits per heavy atom. The zero-order valence-corrected chi connectivity index (χ0v) is 23.7. The maximum atomic E-state index is 14.6. The van der Waals surface area contributed by atoms with Gasteiger partial charge in [0.15, 0.2) is 0 Å². The summed E-state index contributed by atoms with van der Waals surface area (Å²) in [6, 6.07) is 19.3. The van der Waals surface area contributed by atoms with Crippen molar-refractivity contribution in [1.82, 2.24) is 10.2 Å². The third-order valence-corrected chi connectivity index (χ3v) is 8.34. The van der Waals surface area contributed by atoms with Crippen molar-refractivity contribution in [1.29, 1.82) is 0 Å². The Hall–Kier alpha value is -3.24. The summed E-state index contributed by atoms with van der Waals surface area (Å²) in [4.78, 5) is 27.9. The Labute approximate surface area is 231 Å². The highest BCUT2D eigenvalue weighted by Crippen LogP contribution is 2.26. The number of halogens is 2. The fraction of sp³-hybridized carbons (Fsp3) is 0.286. The van der Waals surface area contributed by atoms with Crippen LogP contribution in [0.4, 0.5) is 10.1 Å². The summed E-state index contributed by atoms with van der Waals surface area (Å²) in [5.74, 6) is -1.57. The van der Waals surface area contributed by atoms with Crippen LogP contribution in [-0.4, -0.2) is 44.3 Å². The van der Waals surface area contributed by atoms with E-state index in [-0.39, 0.29) is 22.7 Å². The standard InChI is InChI=1S/C28H31BrFN3O4S/c1-3-4-18-31-28(35)21(2)32(19-22-10-8-9-13-26(22)30)27(34)20-33(24-16-14-23(29)15-17-24)38(36,37)25-11-6-5-7-12-25/h5-17,21H,3-4,18-20H2,1-2H3,(H,31,35). The minimum Gasteiger partial charge on any atom is -0.354 e. The van der Waals surface area contributed by atoms with Gasteiger partial charge in [0.05, 0.1) is 10.6 Å². The number of benzene rings is 3. The molecule has 0 radical (unpaired) electrons. The minimum absolute atomic E-state index is 0.0155. The van der Waals surface area contributed by atoms with Gasteiger partial charge in [-0.25, -0.2) is 12.8 Å². The summed E-state index contributed by atoms with van der Waals surface area (Å²) in [5.41, 5.74) is 0.492. The second kappa shape index (κ2) is 13.5. The maximum absolute atomic E-state index is 14.6. The van der Waals surface area contributed by atoms with Crippen LogP contribution in [-0.2, 0) is 26.2 Å². The Balaban J connectivity index is 1.99. The van der Waals surface area contributed by atoms with Crippen LogP contribution in [0, 0.1) is 5.82 Å². The summed E-state index contributed by atoms with van der Waals surface area (Å²) >= 11 is 3.35. The van der Waals surface area contributed by atoms with E-state index in [1.807, 2.05) is 6.92 Å². The molecule has 0 saturated heterocycles. The van der Waals surface area contributed by atoms with Crippen molar-refractivity contribution in [2.75, 3.05) is 17.4 Å². The van der Waals surface area contributed by atoms with Gasteiger partial charge in [-0.1, -0.05) is 65.7 Å². The number of rotatable bonds is 12. The lowest BCUT2D eigenvalue weighted by Gasteiger charge is -2.32. The van der Waals surface area contributed by atoms with Crippen LogP contribution in [0.15, 0.2) is 88.2 Å². The van der Waals surface area contributed by atoms with E-state index in [9.17, 15) is 22.4 Å². The van der Waals surface area contributed by atoms with Crippen molar-refractivity contribution in [3.63, 3.8) is 0 Å². The first kappa shape index (κ1) is 29.3. The van der Waals surface area contributed by atoms with Gasteiger partial charge in [0.25, 0.3) is 10.0 Å². The van der Waals surface area contributed by atoms with Crippen LogP contribution in [0.1, 0.15) is 32.3 Å². The average molecular weight is 605 g/mol. The monoisotopic (exact) mass is 603 g/mol. The van der Waals surface area contributed by atoms with E-state index in [2.05, 4.69) is 21.2 Å². The third-order valence-electron chi connectivity index (χ3n) is 6.02. The fourth-order valence-corrected chi connectivity index (χ4v) is 5.48. The number of hydrogen-bond donors (Lipinski definition) is 1. The van der Waals surface area contributed by atoms with Gasteiger partial charge >= 0.3 is 0 Å². The Morgan fingerprint density at radius 2 is 1.61 bits per heavy atom. The number of unbranched alkanes of at least 4 members (excludes halogenated alkanes) is 1. The molecule has 0 aromatic heterocycles. The zero-order chi connectivity index (χ0) is 27.7. The van der Waals surface area contributed by atoms with Crippen LogP contribution in [0.25, 0.3) is 0 Å². The first-order valence-corrected chi connectivity index (χ1v) is 14.5. The molecule has 0 fully saturated rings. The van der Waals surface area contributed by atoms with Crippen LogP contribution in [0.2, 0.25) is 0 Å². The molecule has 0 bridgehead atoms. The molecule has 3 aromatic rings. The molecule has 0 saturated carbocycles. The molecule has 7 nitrogen and oxygen atoms in total. The van der Waals surface area contributed by atoms with Crippen LogP contribution in [0.3, 0.4) is 0 Å². The molecule has 10 heteroatoms. The highest BCUT2D eigenvalue weighted by molar-refractivity contribution is 9.10. The average Bonchev–Trinajstić information content (AvgIpc) is 2.92. The van der Waals surface area contributed by atoms with E-state index in [1.165, 1.54) is 35.2 Å². The Bertz CT molecular complexity index is 1340. The first-order valence-electron chi connectivity index (χ1n) is 12.3. The number of anilines is 1. The van der Waals surface area contributed by atoms with Gasteiger partial charge in [0.2, 0.25) is 11.8 Å². The Kier molecular flexibility index (Phi) is 10.4. The number of carbonyl (C=O) groups excluding carboxylic acids is 2. The number of amides is 2. The fourth-order valence-electron chi connectivity index (χ4n) is 3.78. The van der Waals surface area contributed by atoms with Crippen LogP contribution >= 0.6 is 15.9 Å². The molecule has 3 aromatic carbocycles.